The number of hydrogen-bond acceptors (Lipinski definition) is 6. The first kappa shape index (κ1) is 18.3. The Morgan fingerprint density at radius 2 is 2.04 bits per heavy atom. The van der Waals surface area contributed by atoms with Crippen LogP contribution in [-0.2, 0) is 16.1 Å². The average molecular weight is 390 g/mol. The molecule has 0 fully saturated rings. The highest BCUT2D eigenvalue weighted by Gasteiger charge is 2.15. The molecule has 0 spiro atoms. The van der Waals surface area contributed by atoms with E-state index in [0.717, 1.165) is 5.39 Å². The molecule has 8 heteroatoms. The molecule has 3 rings (SSSR count). The van der Waals surface area contributed by atoms with Crippen molar-refractivity contribution in [1.29, 1.82) is 0 Å². The highest BCUT2D eigenvalue weighted by atomic mass is 35.5. The molecule has 2 heterocycles. The first-order valence-electron chi connectivity index (χ1n) is 7.94. The van der Waals surface area contributed by atoms with Crippen LogP contribution in [0.3, 0.4) is 0 Å². The SMILES string of the molecule is CCN(C(C)=O)c1nc(COC(=O)c2ccc3nc(Cl)ccc3c2)cs1. The monoisotopic (exact) mass is 389 g/mol. The highest BCUT2D eigenvalue weighted by Crippen LogP contribution is 2.22. The Kier molecular flexibility index (Phi) is 5.49. The van der Waals surface area contributed by atoms with Crippen LogP contribution in [0.4, 0.5) is 5.13 Å². The number of halogens is 1. The van der Waals surface area contributed by atoms with Gasteiger partial charge in [-0.1, -0.05) is 11.6 Å². The van der Waals surface area contributed by atoms with Crippen LogP contribution in [0.5, 0.6) is 0 Å². The fraction of sp³-hybridized carbons (Fsp3) is 0.222. The number of ether oxygens (including phenoxy) is 1. The number of anilines is 1. The van der Waals surface area contributed by atoms with E-state index in [-0.39, 0.29) is 12.5 Å². The Balaban J connectivity index is 1.68. The zero-order valence-electron chi connectivity index (χ0n) is 14.2. The molecular formula is C18H16ClN3O3S. The van der Waals surface area contributed by atoms with E-state index >= 15 is 0 Å². The first-order valence-corrected chi connectivity index (χ1v) is 9.19. The van der Waals surface area contributed by atoms with E-state index in [2.05, 4.69) is 9.97 Å². The first-order chi connectivity index (χ1) is 12.5. The van der Waals surface area contributed by atoms with Crippen molar-refractivity contribution in [3.8, 4) is 0 Å². The molecule has 2 aromatic heterocycles. The van der Waals surface area contributed by atoms with Crippen LogP contribution in [-0.4, -0.2) is 28.4 Å². The summed E-state index contributed by atoms with van der Waals surface area (Å²) in [4.78, 5) is 33.9. The lowest BCUT2D eigenvalue weighted by Crippen LogP contribution is -2.27. The minimum atomic E-state index is -0.449. The molecular weight excluding hydrogens is 374 g/mol. The number of pyridine rings is 1. The van der Waals surface area contributed by atoms with Crippen molar-refractivity contribution in [1.82, 2.24) is 9.97 Å². The Bertz CT molecular complexity index is 973. The van der Waals surface area contributed by atoms with Crippen molar-refractivity contribution < 1.29 is 14.3 Å². The third-order valence-electron chi connectivity index (χ3n) is 3.71. The Labute approximate surface area is 159 Å². The van der Waals surface area contributed by atoms with Gasteiger partial charge in [-0.25, -0.2) is 14.8 Å². The topological polar surface area (TPSA) is 72.4 Å². The summed E-state index contributed by atoms with van der Waals surface area (Å²) in [6.07, 6.45) is 0. The van der Waals surface area contributed by atoms with Gasteiger partial charge >= 0.3 is 5.97 Å². The second-order valence-corrected chi connectivity index (χ2v) is 6.73. The minimum Gasteiger partial charge on any atom is -0.456 e. The van der Waals surface area contributed by atoms with Gasteiger partial charge in [-0.3, -0.25) is 9.69 Å². The van der Waals surface area contributed by atoms with Crippen molar-refractivity contribution in [2.45, 2.75) is 20.5 Å². The molecule has 1 amide bonds. The molecule has 134 valence electrons. The predicted molar refractivity (Wildman–Crippen MR) is 102 cm³/mol. The van der Waals surface area contributed by atoms with Crippen molar-refractivity contribution in [3.05, 3.63) is 52.1 Å². The summed E-state index contributed by atoms with van der Waals surface area (Å²) in [7, 11) is 0. The fourth-order valence-electron chi connectivity index (χ4n) is 2.43. The normalized spacial score (nSPS) is 10.7. The van der Waals surface area contributed by atoms with Crippen LogP contribution in [0, 0.1) is 0 Å². The summed E-state index contributed by atoms with van der Waals surface area (Å²) in [6.45, 7) is 3.95. The van der Waals surface area contributed by atoms with Crippen molar-refractivity contribution >= 4 is 50.8 Å². The van der Waals surface area contributed by atoms with Gasteiger partial charge in [-0.05, 0) is 37.3 Å². The lowest BCUT2D eigenvalue weighted by molar-refractivity contribution is -0.116. The Morgan fingerprint density at radius 3 is 2.77 bits per heavy atom. The molecule has 0 aliphatic heterocycles. The lowest BCUT2D eigenvalue weighted by Gasteiger charge is -2.14. The number of hydrogen-bond donors (Lipinski definition) is 0. The number of esters is 1. The Morgan fingerprint density at radius 1 is 1.23 bits per heavy atom. The summed E-state index contributed by atoms with van der Waals surface area (Å²) >= 11 is 7.20. The lowest BCUT2D eigenvalue weighted by atomic mass is 10.1. The zero-order valence-corrected chi connectivity index (χ0v) is 15.8. The summed E-state index contributed by atoms with van der Waals surface area (Å²) in [5.41, 5.74) is 1.74. The van der Waals surface area contributed by atoms with Crippen LogP contribution in [0.2, 0.25) is 5.15 Å². The van der Waals surface area contributed by atoms with Crippen LogP contribution in [0.15, 0.2) is 35.7 Å². The second-order valence-electron chi connectivity index (χ2n) is 5.50. The summed E-state index contributed by atoms with van der Waals surface area (Å²) in [5.74, 6) is -0.523. The van der Waals surface area contributed by atoms with E-state index in [0.29, 0.717) is 33.6 Å². The van der Waals surface area contributed by atoms with Gasteiger partial charge in [0.2, 0.25) is 5.91 Å². The molecule has 0 N–H and O–H groups in total. The van der Waals surface area contributed by atoms with Gasteiger partial charge in [-0.15, -0.1) is 11.3 Å². The summed E-state index contributed by atoms with van der Waals surface area (Å²) in [5, 5.41) is 3.58. The number of amides is 1. The Hall–Kier alpha value is -2.51. The molecule has 0 saturated heterocycles. The molecule has 1 aromatic carbocycles. The molecule has 0 aliphatic rings. The van der Waals surface area contributed by atoms with Crippen LogP contribution >= 0.6 is 22.9 Å². The third-order valence-corrected chi connectivity index (χ3v) is 4.83. The third kappa shape index (κ3) is 4.00. The number of carbonyl (C=O) groups is 2. The molecule has 0 radical (unpaired) electrons. The van der Waals surface area contributed by atoms with Crippen molar-refractivity contribution in [2.75, 3.05) is 11.4 Å². The van der Waals surface area contributed by atoms with E-state index in [1.807, 2.05) is 6.92 Å². The van der Waals surface area contributed by atoms with Gasteiger partial charge in [0.05, 0.1) is 16.8 Å². The van der Waals surface area contributed by atoms with E-state index in [9.17, 15) is 9.59 Å². The number of carbonyl (C=O) groups excluding carboxylic acids is 2. The van der Waals surface area contributed by atoms with Gasteiger partial charge in [0.1, 0.15) is 11.8 Å². The van der Waals surface area contributed by atoms with Crippen LogP contribution in [0.25, 0.3) is 10.9 Å². The fourth-order valence-corrected chi connectivity index (χ4v) is 3.50. The standard InChI is InChI=1S/C18H16ClN3O3S/c1-3-22(11(2)23)18-20-14(10-26-18)9-25-17(24)13-4-6-15-12(8-13)5-7-16(19)21-15/h4-8,10H,3,9H2,1-2H3. The maximum atomic E-state index is 12.3. The molecule has 26 heavy (non-hydrogen) atoms. The van der Waals surface area contributed by atoms with Gasteiger partial charge in [0, 0.05) is 24.2 Å². The van der Waals surface area contributed by atoms with Gasteiger partial charge in [0.15, 0.2) is 5.13 Å². The molecule has 3 aromatic rings. The van der Waals surface area contributed by atoms with Gasteiger partial charge in [-0.2, -0.15) is 0 Å². The predicted octanol–water partition coefficient (Wildman–Crippen LogP) is 4.07. The molecule has 0 saturated carbocycles. The van der Waals surface area contributed by atoms with E-state index < -0.39 is 5.97 Å². The largest absolute Gasteiger partial charge is 0.456 e. The maximum absolute atomic E-state index is 12.3. The minimum absolute atomic E-state index is 0.0434. The van der Waals surface area contributed by atoms with Gasteiger partial charge < -0.3 is 4.74 Å². The number of rotatable bonds is 5. The summed E-state index contributed by atoms with van der Waals surface area (Å²) < 4.78 is 5.33. The van der Waals surface area contributed by atoms with E-state index in [1.165, 1.54) is 18.3 Å². The molecule has 0 atom stereocenters. The quantitative estimate of drug-likeness (QED) is 0.485. The number of benzene rings is 1. The zero-order chi connectivity index (χ0) is 18.7. The van der Waals surface area contributed by atoms with Gasteiger partial charge in [0.25, 0.3) is 0 Å². The van der Waals surface area contributed by atoms with E-state index in [1.54, 1.807) is 40.6 Å². The smallest absolute Gasteiger partial charge is 0.338 e. The molecule has 0 unspecified atom stereocenters. The molecule has 0 bridgehead atoms. The van der Waals surface area contributed by atoms with E-state index in [4.69, 9.17) is 16.3 Å². The second kappa shape index (κ2) is 7.80. The summed E-state index contributed by atoms with van der Waals surface area (Å²) in [6, 6.07) is 8.56. The average Bonchev–Trinajstić information content (AvgIpc) is 3.08. The number of thiazole rings is 1. The number of nitrogens with zero attached hydrogens (tertiary/aromatic N) is 3. The van der Waals surface area contributed by atoms with Crippen LogP contribution < -0.4 is 4.90 Å². The number of aromatic nitrogens is 2. The van der Waals surface area contributed by atoms with Crippen LogP contribution in [0.1, 0.15) is 29.9 Å². The highest BCUT2D eigenvalue weighted by molar-refractivity contribution is 7.14. The molecule has 6 nitrogen and oxygen atoms in total. The number of fused-ring (bicyclic) bond motifs is 1. The van der Waals surface area contributed by atoms with Crippen molar-refractivity contribution in [3.63, 3.8) is 0 Å². The molecule has 0 aliphatic carbocycles. The maximum Gasteiger partial charge on any atom is 0.338 e. The van der Waals surface area contributed by atoms with Crippen molar-refractivity contribution in [2.24, 2.45) is 0 Å².